The highest BCUT2D eigenvalue weighted by Crippen LogP contribution is 2.35. The van der Waals surface area contributed by atoms with Gasteiger partial charge in [-0.1, -0.05) is 0 Å². The molecule has 0 N–H and O–H groups in total. The Balaban J connectivity index is 3.35. The van der Waals surface area contributed by atoms with Crippen LogP contribution in [0.4, 0.5) is 27.6 Å². The Hall–Kier alpha value is -1.27. The van der Waals surface area contributed by atoms with Crippen molar-refractivity contribution in [1.29, 1.82) is 0 Å². The Bertz CT molecular complexity index is 479. The molecule has 0 radical (unpaired) electrons. The van der Waals surface area contributed by atoms with Crippen LogP contribution in [0, 0.1) is 13.8 Å². The molecule has 18 heavy (non-hydrogen) atoms. The van der Waals surface area contributed by atoms with Gasteiger partial charge in [-0.15, -0.1) is 13.2 Å². The molecule has 11 heteroatoms. The van der Waals surface area contributed by atoms with Gasteiger partial charge in [-0.2, -0.15) is 0 Å². The summed E-state index contributed by atoms with van der Waals surface area (Å²) in [5, 5.41) is 10.5. The van der Waals surface area contributed by atoms with Gasteiger partial charge >= 0.3 is 12.0 Å². The number of rotatable bonds is 3. The number of hydrogen-bond donors (Lipinski definition) is 0. The van der Waals surface area contributed by atoms with E-state index in [0.717, 1.165) is 0 Å². The quantitative estimate of drug-likeness (QED) is 0.263. The van der Waals surface area contributed by atoms with E-state index in [1.54, 1.807) is 0 Å². The van der Waals surface area contributed by atoms with Crippen LogP contribution < -0.4 is 4.74 Å². The van der Waals surface area contributed by atoms with Crippen LogP contribution in [0.25, 0.3) is 0 Å². The lowest BCUT2D eigenvalue weighted by Crippen LogP contribution is -2.19. The molecule has 0 amide bonds. The maximum absolute atomic E-state index is 12.4. The molecule has 0 fully saturated rings. The molecular weight excluding hydrogens is 382 g/mol. The van der Waals surface area contributed by atoms with Crippen molar-refractivity contribution in [3.05, 3.63) is 25.6 Å². The van der Waals surface area contributed by atoms with Crippen LogP contribution in [0.3, 0.4) is 0 Å². The summed E-state index contributed by atoms with van der Waals surface area (Å²) in [6.07, 6.45) is -8.59. The predicted molar refractivity (Wildman–Crippen MR) is 55.2 cm³/mol. The highest BCUT2D eigenvalue weighted by atomic mass is 127. The van der Waals surface area contributed by atoms with Crippen molar-refractivity contribution < 1.29 is 31.6 Å². The molecule has 0 saturated heterocycles. The molecule has 1 aromatic rings. The van der Waals surface area contributed by atoms with Crippen LogP contribution >= 0.6 is 22.6 Å². The maximum Gasteiger partial charge on any atom is 0.573 e. The molecule has 5 nitrogen and oxygen atoms in total. The molecular formula is C7H2F5IN2O3. The molecule has 100 valence electrons. The highest BCUT2D eigenvalue weighted by Gasteiger charge is 2.35. The van der Waals surface area contributed by atoms with Crippen molar-refractivity contribution in [3.63, 3.8) is 0 Å². The number of hydrogen-bond acceptors (Lipinski definition) is 4. The monoisotopic (exact) mass is 384 g/mol. The lowest BCUT2D eigenvalue weighted by Gasteiger charge is -2.12. The Labute approximate surface area is 109 Å². The fraction of sp³-hybridized carbons (Fsp3) is 0.286. The van der Waals surface area contributed by atoms with E-state index in [9.17, 15) is 32.1 Å². The Kier molecular flexibility index (Phi) is 4.24. The molecule has 0 unspecified atom stereocenters. The number of nitrogens with zero attached hydrogens (tertiary/aromatic N) is 2. The predicted octanol–water partition coefficient (Wildman–Crippen LogP) is 3.43. The number of nitro groups is 1. The van der Waals surface area contributed by atoms with Gasteiger partial charge in [-0.05, 0) is 22.6 Å². The van der Waals surface area contributed by atoms with E-state index < -0.39 is 38.5 Å². The smallest absolute Gasteiger partial charge is 0.403 e. The fourth-order valence-corrected chi connectivity index (χ4v) is 1.58. The summed E-state index contributed by atoms with van der Waals surface area (Å²) in [6.45, 7) is 0. The van der Waals surface area contributed by atoms with E-state index in [1.807, 2.05) is 0 Å². The van der Waals surface area contributed by atoms with Gasteiger partial charge in [0.1, 0.15) is 0 Å². The molecule has 0 saturated carbocycles. The lowest BCUT2D eigenvalue weighted by atomic mass is 10.3. The van der Waals surface area contributed by atoms with Gasteiger partial charge < -0.3 is 4.74 Å². The van der Waals surface area contributed by atoms with E-state index in [1.165, 1.54) is 22.6 Å². The Morgan fingerprint density at radius 1 is 1.44 bits per heavy atom. The molecule has 0 aliphatic rings. The first-order valence-corrected chi connectivity index (χ1v) is 5.08. The molecule has 1 aromatic heterocycles. The van der Waals surface area contributed by atoms with E-state index in [2.05, 4.69) is 9.72 Å². The van der Waals surface area contributed by atoms with Crippen molar-refractivity contribution in [3.8, 4) is 5.75 Å². The molecule has 0 bridgehead atoms. The number of aromatic nitrogens is 1. The van der Waals surface area contributed by atoms with Crippen LogP contribution in [-0.2, 0) is 0 Å². The van der Waals surface area contributed by atoms with Crippen LogP contribution in [0.1, 0.15) is 12.1 Å². The second-order valence-corrected chi connectivity index (χ2v) is 3.81. The van der Waals surface area contributed by atoms with E-state index >= 15 is 0 Å². The first-order valence-electron chi connectivity index (χ1n) is 4.00. The minimum atomic E-state index is -5.24. The third-order valence-corrected chi connectivity index (χ3v) is 2.37. The molecule has 0 aliphatic carbocycles. The molecule has 1 rings (SSSR count). The van der Waals surface area contributed by atoms with Gasteiger partial charge in [0.2, 0.25) is 0 Å². The number of ether oxygens (including phenoxy) is 1. The second-order valence-electron chi connectivity index (χ2n) is 2.79. The van der Waals surface area contributed by atoms with Gasteiger partial charge in [-0.3, -0.25) is 10.1 Å². The zero-order valence-corrected chi connectivity index (χ0v) is 10.2. The van der Waals surface area contributed by atoms with E-state index in [4.69, 9.17) is 0 Å². The average Bonchev–Trinajstić information content (AvgIpc) is 2.17. The lowest BCUT2D eigenvalue weighted by molar-refractivity contribution is -0.386. The Morgan fingerprint density at radius 2 is 2.00 bits per heavy atom. The molecule has 0 aliphatic heterocycles. The minimum absolute atomic E-state index is 0.268. The normalized spacial score (nSPS) is 11.7. The van der Waals surface area contributed by atoms with Crippen LogP contribution in [0.15, 0.2) is 6.07 Å². The van der Waals surface area contributed by atoms with Crippen LogP contribution in [-0.4, -0.2) is 16.3 Å². The SMILES string of the molecule is O=[N+]([O-])c1cc(OC(F)(F)F)c(C(F)F)nc1I. The second kappa shape index (κ2) is 5.16. The van der Waals surface area contributed by atoms with Gasteiger partial charge in [-0.25, -0.2) is 13.8 Å². The Morgan fingerprint density at radius 3 is 2.39 bits per heavy atom. The molecule has 0 aromatic carbocycles. The van der Waals surface area contributed by atoms with Gasteiger partial charge in [0.15, 0.2) is 15.1 Å². The van der Waals surface area contributed by atoms with E-state index in [0.29, 0.717) is 0 Å². The molecule has 1 heterocycles. The first-order chi connectivity index (χ1) is 8.11. The summed E-state index contributed by atoms with van der Waals surface area (Å²) in [7, 11) is 0. The summed E-state index contributed by atoms with van der Waals surface area (Å²) >= 11 is 1.27. The third kappa shape index (κ3) is 3.61. The molecule has 0 atom stereocenters. The number of pyridine rings is 1. The zero-order valence-electron chi connectivity index (χ0n) is 8.04. The van der Waals surface area contributed by atoms with Crippen molar-refractivity contribution in [2.24, 2.45) is 0 Å². The van der Waals surface area contributed by atoms with Crippen molar-refractivity contribution >= 4 is 28.3 Å². The highest BCUT2D eigenvalue weighted by molar-refractivity contribution is 14.1. The van der Waals surface area contributed by atoms with Gasteiger partial charge in [0, 0.05) is 0 Å². The fourth-order valence-electron chi connectivity index (χ4n) is 0.967. The summed E-state index contributed by atoms with van der Waals surface area (Å²) in [5.41, 5.74) is -2.15. The van der Waals surface area contributed by atoms with Crippen LogP contribution in [0.5, 0.6) is 5.75 Å². The number of alkyl halides is 5. The number of halogens is 6. The maximum atomic E-state index is 12.4. The van der Waals surface area contributed by atoms with Crippen LogP contribution in [0.2, 0.25) is 0 Å². The van der Waals surface area contributed by atoms with Gasteiger partial charge in [0.05, 0.1) is 11.0 Å². The summed E-state index contributed by atoms with van der Waals surface area (Å²) in [6, 6.07) is 0.268. The third-order valence-electron chi connectivity index (χ3n) is 1.58. The van der Waals surface area contributed by atoms with E-state index in [-0.39, 0.29) is 6.07 Å². The topological polar surface area (TPSA) is 65.3 Å². The summed E-state index contributed by atoms with van der Waals surface area (Å²) in [4.78, 5) is 12.5. The minimum Gasteiger partial charge on any atom is -0.403 e. The molecule has 0 spiro atoms. The largest absolute Gasteiger partial charge is 0.573 e. The van der Waals surface area contributed by atoms with Crippen molar-refractivity contribution in [2.45, 2.75) is 12.8 Å². The summed E-state index contributed by atoms with van der Waals surface area (Å²) < 4.78 is 63.6. The van der Waals surface area contributed by atoms with Gasteiger partial charge in [0.25, 0.3) is 6.43 Å². The first kappa shape index (κ1) is 14.8. The summed E-state index contributed by atoms with van der Waals surface area (Å²) in [5.74, 6) is -1.38. The average molecular weight is 384 g/mol. The standard InChI is InChI=1S/C7H2F5IN2O3/c8-5(9)4-3(18-7(10,11)12)1-2(15(16)17)6(13)14-4/h1,5H. The zero-order chi connectivity index (χ0) is 14.1. The van der Waals surface area contributed by atoms with Crippen molar-refractivity contribution in [1.82, 2.24) is 4.98 Å². The van der Waals surface area contributed by atoms with Crippen molar-refractivity contribution in [2.75, 3.05) is 0 Å².